The summed E-state index contributed by atoms with van der Waals surface area (Å²) in [5.74, 6) is 1.39. The normalized spacial score (nSPS) is 17.4. The van der Waals surface area contributed by atoms with E-state index in [4.69, 9.17) is 14.3 Å². The molecule has 1 heterocycles. The molecule has 22 heavy (non-hydrogen) atoms. The summed E-state index contributed by atoms with van der Waals surface area (Å²) in [6.07, 6.45) is 2.38. The number of methoxy groups -OCH3 is 2. The van der Waals surface area contributed by atoms with Gasteiger partial charge in [0, 0.05) is 12.6 Å². The van der Waals surface area contributed by atoms with Crippen LogP contribution in [0.2, 0.25) is 0 Å². The Morgan fingerprint density at radius 3 is 2.50 bits per heavy atom. The topological polar surface area (TPSA) is 60.0 Å². The van der Waals surface area contributed by atoms with Crippen molar-refractivity contribution in [3.05, 3.63) is 36.4 Å². The number of hydrogen-bond acceptors (Lipinski definition) is 5. The highest BCUT2D eigenvalue weighted by molar-refractivity contribution is 5.83. The number of benzene rings is 1. The van der Waals surface area contributed by atoms with Crippen LogP contribution in [0.1, 0.15) is 12.0 Å². The van der Waals surface area contributed by atoms with Crippen LogP contribution in [0.3, 0.4) is 0 Å². The highest BCUT2D eigenvalue weighted by Gasteiger charge is 2.31. The van der Waals surface area contributed by atoms with Crippen molar-refractivity contribution in [3.63, 3.8) is 0 Å². The molecule has 0 radical (unpaired) electrons. The highest BCUT2D eigenvalue weighted by atomic mass is 16.7. The van der Waals surface area contributed by atoms with Crippen molar-refractivity contribution in [2.24, 2.45) is 0 Å². The predicted octanol–water partition coefficient (Wildman–Crippen LogP) is 1.51. The fourth-order valence-electron chi connectivity index (χ4n) is 2.39. The fraction of sp³-hybridized carbons (Fsp3) is 0.438. The Balaban J connectivity index is 2.18. The lowest BCUT2D eigenvalue weighted by molar-refractivity contribution is -0.186. The summed E-state index contributed by atoms with van der Waals surface area (Å²) in [6.45, 7) is 5.12. The number of rotatable bonds is 8. The first-order chi connectivity index (χ1) is 10.7. The SMILES string of the molecule is C=CCON(Cc1cc(OC)cc(OC)c1)C1CCNC1=O. The lowest BCUT2D eigenvalue weighted by Crippen LogP contribution is -2.40. The zero-order valence-electron chi connectivity index (χ0n) is 13.0. The largest absolute Gasteiger partial charge is 0.497 e. The molecule has 1 amide bonds. The summed E-state index contributed by atoms with van der Waals surface area (Å²) in [4.78, 5) is 17.6. The minimum absolute atomic E-state index is 0.0149. The van der Waals surface area contributed by atoms with Gasteiger partial charge in [-0.15, -0.1) is 6.58 Å². The Morgan fingerprint density at radius 2 is 2.00 bits per heavy atom. The van der Waals surface area contributed by atoms with Gasteiger partial charge in [-0.25, -0.2) is 0 Å². The summed E-state index contributed by atoms with van der Waals surface area (Å²) < 4.78 is 10.5. The highest BCUT2D eigenvalue weighted by Crippen LogP contribution is 2.24. The molecule has 2 rings (SSSR count). The van der Waals surface area contributed by atoms with Gasteiger partial charge in [0.25, 0.3) is 0 Å². The molecule has 0 spiro atoms. The summed E-state index contributed by atoms with van der Waals surface area (Å²) in [5.41, 5.74) is 0.944. The molecule has 1 saturated heterocycles. The molecule has 120 valence electrons. The number of hydrogen-bond donors (Lipinski definition) is 1. The second kappa shape index (κ2) is 7.82. The lowest BCUT2D eigenvalue weighted by atomic mass is 10.1. The fourth-order valence-corrected chi connectivity index (χ4v) is 2.39. The second-order valence-electron chi connectivity index (χ2n) is 4.98. The Labute approximate surface area is 130 Å². The maximum Gasteiger partial charge on any atom is 0.239 e. The van der Waals surface area contributed by atoms with E-state index in [9.17, 15) is 4.79 Å². The van der Waals surface area contributed by atoms with Crippen LogP contribution < -0.4 is 14.8 Å². The summed E-state index contributed by atoms with van der Waals surface area (Å²) >= 11 is 0. The number of ether oxygens (including phenoxy) is 2. The van der Waals surface area contributed by atoms with E-state index in [-0.39, 0.29) is 11.9 Å². The van der Waals surface area contributed by atoms with Crippen molar-refractivity contribution >= 4 is 5.91 Å². The molecule has 0 bridgehead atoms. The van der Waals surface area contributed by atoms with E-state index in [2.05, 4.69) is 11.9 Å². The van der Waals surface area contributed by atoms with Gasteiger partial charge in [-0.1, -0.05) is 6.08 Å². The first-order valence-electron chi connectivity index (χ1n) is 7.18. The summed E-state index contributed by atoms with van der Waals surface area (Å²) in [5, 5.41) is 4.51. The average Bonchev–Trinajstić information content (AvgIpc) is 2.97. The van der Waals surface area contributed by atoms with Crippen molar-refractivity contribution in [2.75, 3.05) is 27.4 Å². The second-order valence-corrected chi connectivity index (χ2v) is 4.98. The van der Waals surface area contributed by atoms with Crippen molar-refractivity contribution in [1.82, 2.24) is 10.4 Å². The van der Waals surface area contributed by atoms with E-state index >= 15 is 0 Å². The molecule has 0 aliphatic carbocycles. The maximum absolute atomic E-state index is 11.9. The van der Waals surface area contributed by atoms with E-state index < -0.39 is 0 Å². The van der Waals surface area contributed by atoms with E-state index in [0.29, 0.717) is 31.2 Å². The molecule has 1 aliphatic rings. The molecule has 1 unspecified atom stereocenters. The zero-order valence-corrected chi connectivity index (χ0v) is 13.0. The zero-order chi connectivity index (χ0) is 15.9. The van der Waals surface area contributed by atoms with Gasteiger partial charge in [-0.2, -0.15) is 5.06 Å². The number of hydroxylamine groups is 2. The quantitative estimate of drug-likeness (QED) is 0.583. The van der Waals surface area contributed by atoms with Crippen molar-refractivity contribution in [3.8, 4) is 11.5 Å². The third-order valence-corrected chi connectivity index (χ3v) is 3.48. The van der Waals surface area contributed by atoms with Gasteiger partial charge in [0.2, 0.25) is 5.91 Å². The van der Waals surface area contributed by atoms with E-state index in [0.717, 1.165) is 12.0 Å². The van der Waals surface area contributed by atoms with Crippen LogP contribution in [0.15, 0.2) is 30.9 Å². The third kappa shape index (κ3) is 3.99. The van der Waals surface area contributed by atoms with Crippen LogP contribution in [0.5, 0.6) is 11.5 Å². The first kappa shape index (κ1) is 16.3. The molecule has 6 nitrogen and oxygen atoms in total. The standard InChI is InChI=1S/C16H22N2O4/c1-4-7-22-18(15-5-6-17-16(15)19)11-12-8-13(20-2)10-14(9-12)21-3/h4,8-10,15H,1,5-7,11H2,2-3H3,(H,17,19). The summed E-state index contributed by atoms with van der Waals surface area (Å²) in [6, 6.07) is 5.32. The van der Waals surface area contributed by atoms with Crippen molar-refractivity contribution in [2.45, 2.75) is 19.0 Å². The molecule has 1 aromatic carbocycles. The molecule has 1 atom stereocenters. The lowest BCUT2D eigenvalue weighted by Gasteiger charge is -2.26. The molecule has 1 aliphatic heterocycles. The smallest absolute Gasteiger partial charge is 0.239 e. The van der Waals surface area contributed by atoms with Gasteiger partial charge in [-0.3, -0.25) is 9.63 Å². The third-order valence-electron chi connectivity index (χ3n) is 3.48. The first-order valence-corrected chi connectivity index (χ1v) is 7.18. The Bertz CT molecular complexity index is 511. The molecular formula is C16H22N2O4. The van der Waals surface area contributed by atoms with Crippen molar-refractivity contribution < 1.29 is 19.1 Å². The average molecular weight is 306 g/mol. The van der Waals surface area contributed by atoms with Gasteiger partial charge in [-0.05, 0) is 24.1 Å². The molecule has 1 aromatic rings. The van der Waals surface area contributed by atoms with Crippen LogP contribution in [0.25, 0.3) is 0 Å². The van der Waals surface area contributed by atoms with Gasteiger partial charge in [0.15, 0.2) is 0 Å². The molecule has 1 N–H and O–H groups in total. The summed E-state index contributed by atoms with van der Waals surface area (Å²) in [7, 11) is 3.21. The van der Waals surface area contributed by atoms with Crippen LogP contribution in [-0.2, 0) is 16.2 Å². The minimum Gasteiger partial charge on any atom is -0.497 e. The van der Waals surface area contributed by atoms with E-state index in [1.165, 1.54) is 0 Å². The number of carbonyl (C=O) groups excluding carboxylic acids is 1. The Morgan fingerprint density at radius 1 is 1.32 bits per heavy atom. The molecular weight excluding hydrogens is 284 g/mol. The van der Waals surface area contributed by atoms with Crippen molar-refractivity contribution in [1.29, 1.82) is 0 Å². The van der Waals surface area contributed by atoms with Crippen LogP contribution in [0, 0.1) is 0 Å². The van der Waals surface area contributed by atoms with Crippen LogP contribution in [0.4, 0.5) is 0 Å². The van der Waals surface area contributed by atoms with Crippen LogP contribution in [-0.4, -0.2) is 44.4 Å². The number of nitrogens with one attached hydrogen (secondary N) is 1. The maximum atomic E-state index is 11.9. The van der Waals surface area contributed by atoms with E-state index in [1.807, 2.05) is 12.1 Å². The van der Waals surface area contributed by atoms with Gasteiger partial charge in [0.1, 0.15) is 17.5 Å². The van der Waals surface area contributed by atoms with Gasteiger partial charge in [0.05, 0.1) is 27.4 Å². The van der Waals surface area contributed by atoms with Gasteiger partial charge < -0.3 is 14.8 Å². The number of nitrogens with zero attached hydrogens (tertiary/aromatic N) is 1. The number of amides is 1. The molecule has 0 aromatic heterocycles. The van der Waals surface area contributed by atoms with E-state index in [1.54, 1.807) is 31.4 Å². The minimum atomic E-state index is -0.294. The molecule has 6 heteroatoms. The Hall–Kier alpha value is -2.05. The monoisotopic (exact) mass is 306 g/mol. The predicted molar refractivity (Wildman–Crippen MR) is 82.7 cm³/mol. The molecule has 1 fully saturated rings. The molecule has 0 saturated carbocycles. The van der Waals surface area contributed by atoms with Crippen LogP contribution >= 0.6 is 0 Å². The Kier molecular flexibility index (Phi) is 5.80. The van der Waals surface area contributed by atoms with Gasteiger partial charge >= 0.3 is 0 Å². The number of carbonyl (C=O) groups is 1.